The highest BCUT2D eigenvalue weighted by Crippen LogP contribution is 2.27. The fraction of sp³-hybridized carbons (Fsp3) is 0.207. The van der Waals surface area contributed by atoms with Crippen LogP contribution in [-0.2, 0) is 19.5 Å². The lowest BCUT2D eigenvalue weighted by atomic mass is 10.1. The summed E-state index contributed by atoms with van der Waals surface area (Å²) in [4.78, 5) is 6.48. The number of thiocarbonyl (C=S) groups is 1. The minimum atomic E-state index is 0.531. The fourth-order valence-electron chi connectivity index (χ4n) is 4.00. The number of nitrogens with zero attached hydrogens (tertiary/aromatic N) is 4. The summed E-state index contributed by atoms with van der Waals surface area (Å²) in [7, 11) is 0. The monoisotopic (exact) mass is 547 g/mol. The Balaban J connectivity index is 1.44. The van der Waals surface area contributed by atoms with Crippen LogP contribution in [0.25, 0.3) is 0 Å². The van der Waals surface area contributed by atoms with Crippen LogP contribution in [0.4, 0.5) is 5.69 Å². The summed E-state index contributed by atoms with van der Waals surface area (Å²) in [5.41, 5.74) is 5.98. The van der Waals surface area contributed by atoms with Crippen LogP contribution in [0.3, 0.4) is 0 Å². The van der Waals surface area contributed by atoms with Crippen molar-refractivity contribution in [2.45, 2.75) is 32.9 Å². The lowest BCUT2D eigenvalue weighted by Crippen LogP contribution is -2.35. The first-order chi connectivity index (χ1) is 17.9. The average molecular weight is 549 g/mol. The van der Waals surface area contributed by atoms with Gasteiger partial charge in [0, 0.05) is 37.2 Å². The highest BCUT2D eigenvalue weighted by molar-refractivity contribution is 7.80. The summed E-state index contributed by atoms with van der Waals surface area (Å²) >= 11 is 18.6. The number of imidazole rings is 1. The van der Waals surface area contributed by atoms with Crippen molar-refractivity contribution in [3.8, 4) is 6.07 Å². The number of halogens is 2. The summed E-state index contributed by atoms with van der Waals surface area (Å²) in [6.07, 6.45) is 5.46. The maximum atomic E-state index is 9.03. The third-order valence-electron chi connectivity index (χ3n) is 6.08. The molecule has 0 spiro atoms. The van der Waals surface area contributed by atoms with Gasteiger partial charge in [-0.15, -0.1) is 0 Å². The van der Waals surface area contributed by atoms with E-state index in [0.29, 0.717) is 33.8 Å². The minimum Gasteiger partial charge on any atom is -0.345 e. The fourth-order valence-corrected chi connectivity index (χ4v) is 4.65. The number of aryl methyl sites for hydroxylation is 2. The molecule has 0 aliphatic carbocycles. The zero-order valence-electron chi connectivity index (χ0n) is 20.5. The van der Waals surface area contributed by atoms with Crippen LogP contribution in [0.5, 0.6) is 0 Å². The molecule has 0 aliphatic rings. The van der Waals surface area contributed by atoms with Gasteiger partial charge in [0.2, 0.25) is 0 Å². The van der Waals surface area contributed by atoms with Gasteiger partial charge >= 0.3 is 0 Å². The molecule has 37 heavy (non-hydrogen) atoms. The Bertz CT molecular complexity index is 1390. The molecule has 0 fully saturated rings. The summed E-state index contributed by atoms with van der Waals surface area (Å²) in [5, 5.41) is 14.1. The highest BCUT2D eigenvalue weighted by Gasteiger charge is 2.15. The van der Waals surface area contributed by atoms with Gasteiger partial charge in [0.15, 0.2) is 5.11 Å². The molecule has 4 aromatic rings. The summed E-state index contributed by atoms with van der Waals surface area (Å²) in [5.74, 6) is 0. The van der Waals surface area contributed by atoms with Crippen LogP contribution in [0.15, 0.2) is 79.3 Å². The molecule has 0 unspecified atom stereocenters. The first-order valence-electron chi connectivity index (χ1n) is 12.0. The van der Waals surface area contributed by atoms with Crippen molar-refractivity contribution < 1.29 is 0 Å². The molecule has 0 saturated carbocycles. The predicted octanol–water partition coefficient (Wildman–Crippen LogP) is 7.25. The standard InChI is InChI=1S/C29H27Cl2N5S/c1-21-7-13-25(14-8-21)34-29(37)35(19-24-4-2-6-27(30)28(24)31)15-3-5-26-17-33-20-36(26)18-23-11-9-22(16-32)10-12-23/h2,4,6-14,17,20H,3,5,15,18-19H2,1H3,(H,34,37). The Kier molecular flexibility index (Phi) is 9.19. The largest absolute Gasteiger partial charge is 0.345 e. The van der Waals surface area contributed by atoms with Crippen LogP contribution >= 0.6 is 35.4 Å². The Labute approximate surface area is 233 Å². The molecule has 1 N–H and O–H groups in total. The van der Waals surface area contributed by atoms with E-state index >= 15 is 0 Å². The number of aromatic nitrogens is 2. The molecule has 3 aromatic carbocycles. The van der Waals surface area contributed by atoms with Crippen molar-refractivity contribution in [3.05, 3.63) is 117 Å². The second kappa shape index (κ2) is 12.7. The zero-order valence-corrected chi connectivity index (χ0v) is 22.8. The van der Waals surface area contributed by atoms with Crippen molar-refractivity contribution in [3.63, 3.8) is 0 Å². The number of nitrogens with one attached hydrogen (secondary N) is 1. The molecular formula is C29H27Cl2N5S. The van der Waals surface area contributed by atoms with Gasteiger partial charge in [-0.3, -0.25) is 0 Å². The molecular weight excluding hydrogens is 521 g/mol. The van der Waals surface area contributed by atoms with Gasteiger partial charge in [0.25, 0.3) is 0 Å². The second-order valence-corrected chi connectivity index (χ2v) is 10.0. The number of benzene rings is 3. The zero-order chi connectivity index (χ0) is 26.2. The maximum Gasteiger partial charge on any atom is 0.173 e. The highest BCUT2D eigenvalue weighted by atomic mass is 35.5. The van der Waals surface area contributed by atoms with Gasteiger partial charge in [0.1, 0.15) is 0 Å². The normalized spacial score (nSPS) is 10.6. The van der Waals surface area contributed by atoms with E-state index in [1.165, 1.54) is 5.56 Å². The summed E-state index contributed by atoms with van der Waals surface area (Å²) in [6.45, 7) is 4.03. The summed E-state index contributed by atoms with van der Waals surface area (Å²) < 4.78 is 2.14. The molecule has 0 saturated heterocycles. The minimum absolute atomic E-state index is 0.531. The van der Waals surface area contributed by atoms with Crippen molar-refractivity contribution in [1.29, 1.82) is 5.26 Å². The van der Waals surface area contributed by atoms with Crippen LogP contribution in [0, 0.1) is 18.3 Å². The SMILES string of the molecule is Cc1ccc(NC(=S)N(CCCc2cncn2Cc2ccc(C#N)cc2)Cc2cccc(Cl)c2Cl)cc1. The molecule has 4 rings (SSSR count). The third-order valence-corrected chi connectivity index (χ3v) is 7.30. The van der Waals surface area contributed by atoms with E-state index in [-0.39, 0.29) is 0 Å². The van der Waals surface area contributed by atoms with E-state index in [4.69, 9.17) is 40.7 Å². The number of hydrogen-bond donors (Lipinski definition) is 1. The Morgan fingerprint density at radius 1 is 1.08 bits per heavy atom. The molecule has 188 valence electrons. The smallest absolute Gasteiger partial charge is 0.173 e. The predicted molar refractivity (Wildman–Crippen MR) is 155 cm³/mol. The van der Waals surface area contributed by atoms with Crippen molar-refractivity contribution in [1.82, 2.24) is 14.5 Å². The van der Waals surface area contributed by atoms with Gasteiger partial charge in [-0.2, -0.15) is 5.26 Å². The van der Waals surface area contributed by atoms with E-state index in [9.17, 15) is 0 Å². The average Bonchev–Trinajstić information content (AvgIpc) is 3.34. The van der Waals surface area contributed by atoms with Crippen LogP contribution in [-0.4, -0.2) is 26.1 Å². The molecule has 1 heterocycles. The van der Waals surface area contributed by atoms with Crippen LogP contribution in [0.2, 0.25) is 10.0 Å². The first kappa shape index (κ1) is 26.7. The molecule has 0 aliphatic heterocycles. The number of nitriles is 1. The van der Waals surface area contributed by atoms with E-state index in [0.717, 1.165) is 41.9 Å². The maximum absolute atomic E-state index is 9.03. The van der Waals surface area contributed by atoms with Gasteiger partial charge in [-0.25, -0.2) is 4.98 Å². The van der Waals surface area contributed by atoms with Crippen molar-refractivity contribution in [2.24, 2.45) is 0 Å². The Morgan fingerprint density at radius 3 is 2.57 bits per heavy atom. The molecule has 0 amide bonds. The third kappa shape index (κ3) is 7.33. The van der Waals surface area contributed by atoms with E-state index in [2.05, 4.69) is 44.9 Å². The lowest BCUT2D eigenvalue weighted by molar-refractivity contribution is 0.408. The quantitative estimate of drug-likeness (QED) is 0.223. The van der Waals surface area contributed by atoms with Crippen LogP contribution in [0.1, 0.15) is 34.4 Å². The topological polar surface area (TPSA) is 56.9 Å². The molecule has 5 nitrogen and oxygen atoms in total. The van der Waals surface area contributed by atoms with E-state index < -0.39 is 0 Å². The lowest BCUT2D eigenvalue weighted by Gasteiger charge is -2.27. The van der Waals surface area contributed by atoms with Gasteiger partial charge in [-0.05, 0) is 73.4 Å². The molecule has 8 heteroatoms. The van der Waals surface area contributed by atoms with Crippen molar-refractivity contribution in [2.75, 3.05) is 11.9 Å². The number of anilines is 1. The van der Waals surface area contributed by atoms with E-state index in [1.54, 1.807) is 6.07 Å². The van der Waals surface area contributed by atoms with Gasteiger partial charge in [-0.1, -0.05) is 65.2 Å². The Hall–Kier alpha value is -3.37. The molecule has 0 bridgehead atoms. The number of rotatable bonds is 9. The van der Waals surface area contributed by atoms with Gasteiger partial charge in [0.05, 0.1) is 28.0 Å². The van der Waals surface area contributed by atoms with Crippen molar-refractivity contribution >= 4 is 46.2 Å². The molecule has 0 radical (unpaired) electrons. The molecule has 1 aromatic heterocycles. The van der Waals surface area contributed by atoms with E-state index in [1.807, 2.05) is 61.1 Å². The molecule has 0 atom stereocenters. The first-order valence-corrected chi connectivity index (χ1v) is 13.1. The summed E-state index contributed by atoms with van der Waals surface area (Å²) in [6, 6.07) is 23.6. The second-order valence-electron chi connectivity index (χ2n) is 8.86. The van der Waals surface area contributed by atoms with Gasteiger partial charge < -0.3 is 14.8 Å². The van der Waals surface area contributed by atoms with Crippen LogP contribution < -0.4 is 5.32 Å². The Morgan fingerprint density at radius 2 is 1.84 bits per heavy atom. The number of hydrogen-bond acceptors (Lipinski definition) is 3.